The van der Waals surface area contributed by atoms with Crippen molar-refractivity contribution in [1.82, 2.24) is 4.90 Å². The van der Waals surface area contributed by atoms with E-state index in [4.69, 9.17) is 9.73 Å². The third-order valence-corrected chi connectivity index (χ3v) is 6.98. The van der Waals surface area contributed by atoms with Crippen LogP contribution in [-0.4, -0.2) is 46.3 Å². The van der Waals surface area contributed by atoms with E-state index in [0.717, 1.165) is 11.1 Å². The summed E-state index contributed by atoms with van der Waals surface area (Å²) in [5, 5.41) is 2.77. The molecule has 0 aliphatic carbocycles. The summed E-state index contributed by atoms with van der Waals surface area (Å²) in [7, 11) is 0. The Bertz CT molecular complexity index is 1290. The van der Waals surface area contributed by atoms with Gasteiger partial charge in [0, 0.05) is 18.7 Å². The van der Waals surface area contributed by atoms with E-state index in [-0.39, 0.29) is 18.2 Å². The number of aryl methyl sites for hydroxylation is 1. The molecule has 0 aromatic heterocycles. The number of thioether (sulfide) groups is 1. The highest BCUT2D eigenvalue weighted by Gasteiger charge is 2.35. The van der Waals surface area contributed by atoms with Crippen molar-refractivity contribution in [3.63, 3.8) is 0 Å². The van der Waals surface area contributed by atoms with Gasteiger partial charge in [-0.15, -0.1) is 0 Å². The van der Waals surface area contributed by atoms with Gasteiger partial charge < -0.3 is 10.1 Å². The van der Waals surface area contributed by atoms with Gasteiger partial charge in [0.1, 0.15) is 5.25 Å². The molecule has 3 aromatic carbocycles. The molecule has 0 radical (unpaired) electrons. The van der Waals surface area contributed by atoms with Gasteiger partial charge in [0.2, 0.25) is 11.8 Å². The summed E-state index contributed by atoms with van der Waals surface area (Å²) in [4.78, 5) is 44.7. The van der Waals surface area contributed by atoms with Crippen LogP contribution in [0, 0.1) is 6.92 Å². The summed E-state index contributed by atoms with van der Waals surface area (Å²) >= 11 is 1.27. The largest absolute Gasteiger partial charge is 0.462 e. The first-order chi connectivity index (χ1) is 17.9. The number of amides is 2. The average Bonchev–Trinajstić information content (AvgIpc) is 2.89. The van der Waals surface area contributed by atoms with Gasteiger partial charge in [0.25, 0.3) is 0 Å². The molecule has 37 heavy (non-hydrogen) atoms. The standard InChI is InChI=1S/C29H29N3O4S/c1-3-36-28(35)22-12-14-23(15-13-22)31-29-32(17-16-21-9-5-4-6-10-21)26(33)19-25(37-29)27(34)30-24-11-7-8-20(2)18-24/h4-15,18,25H,3,16-17,19H2,1-2H3,(H,30,34). The van der Waals surface area contributed by atoms with E-state index in [1.807, 2.05) is 61.5 Å². The van der Waals surface area contributed by atoms with Crippen molar-refractivity contribution in [2.75, 3.05) is 18.5 Å². The van der Waals surface area contributed by atoms with E-state index in [1.54, 1.807) is 36.1 Å². The van der Waals surface area contributed by atoms with Crippen LogP contribution in [0.2, 0.25) is 0 Å². The molecule has 0 spiro atoms. The second-order valence-corrected chi connectivity index (χ2v) is 9.78. The van der Waals surface area contributed by atoms with Crippen LogP contribution in [0.1, 0.15) is 34.8 Å². The molecule has 1 atom stereocenters. The van der Waals surface area contributed by atoms with Crippen LogP contribution in [-0.2, 0) is 20.7 Å². The number of nitrogens with zero attached hydrogens (tertiary/aromatic N) is 2. The molecule has 1 fully saturated rings. The summed E-state index contributed by atoms with van der Waals surface area (Å²) in [5.41, 5.74) is 3.84. The highest BCUT2D eigenvalue weighted by molar-refractivity contribution is 8.15. The zero-order chi connectivity index (χ0) is 26.2. The predicted octanol–water partition coefficient (Wildman–Crippen LogP) is 5.37. The van der Waals surface area contributed by atoms with Gasteiger partial charge in [-0.1, -0.05) is 54.2 Å². The highest BCUT2D eigenvalue weighted by Crippen LogP contribution is 2.30. The zero-order valence-corrected chi connectivity index (χ0v) is 21.7. The number of amidine groups is 1. The molecule has 1 unspecified atom stereocenters. The lowest BCUT2D eigenvalue weighted by atomic mass is 10.1. The molecule has 0 bridgehead atoms. The minimum absolute atomic E-state index is 0.0813. The van der Waals surface area contributed by atoms with Crippen LogP contribution in [0.5, 0.6) is 0 Å². The van der Waals surface area contributed by atoms with Crippen molar-refractivity contribution in [1.29, 1.82) is 0 Å². The van der Waals surface area contributed by atoms with Crippen LogP contribution in [0.25, 0.3) is 0 Å². The molecule has 4 rings (SSSR count). The smallest absolute Gasteiger partial charge is 0.338 e. The van der Waals surface area contributed by atoms with Gasteiger partial charge in [0.05, 0.1) is 17.9 Å². The third-order valence-electron chi connectivity index (χ3n) is 5.79. The Morgan fingerprint density at radius 2 is 1.81 bits per heavy atom. The van der Waals surface area contributed by atoms with Crippen LogP contribution in [0.15, 0.2) is 83.9 Å². The summed E-state index contributed by atoms with van der Waals surface area (Å²) in [5.74, 6) is -0.792. The fourth-order valence-corrected chi connectivity index (χ4v) is 5.01. The fraction of sp³-hybridized carbons (Fsp3) is 0.241. The Hall–Kier alpha value is -3.91. The van der Waals surface area contributed by atoms with E-state index in [9.17, 15) is 14.4 Å². The van der Waals surface area contributed by atoms with Crippen molar-refractivity contribution in [3.05, 3.63) is 95.6 Å². The maximum absolute atomic E-state index is 13.2. The number of carbonyl (C=O) groups excluding carboxylic acids is 3. The molecule has 0 saturated carbocycles. The number of anilines is 1. The van der Waals surface area contributed by atoms with E-state index in [2.05, 4.69) is 5.32 Å². The first-order valence-electron chi connectivity index (χ1n) is 12.2. The average molecular weight is 516 g/mol. The molecule has 1 N–H and O–H groups in total. The zero-order valence-electron chi connectivity index (χ0n) is 20.8. The monoisotopic (exact) mass is 515 g/mol. The second kappa shape index (κ2) is 12.4. The molecule has 2 amide bonds. The first kappa shape index (κ1) is 26.2. The van der Waals surface area contributed by atoms with E-state index in [0.29, 0.717) is 41.7 Å². The minimum atomic E-state index is -0.612. The number of hydrogen-bond donors (Lipinski definition) is 1. The predicted molar refractivity (Wildman–Crippen MR) is 147 cm³/mol. The van der Waals surface area contributed by atoms with Crippen LogP contribution >= 0.6 is 11.8 Å². The summed E-state index contributed by atoms with van der Waals surface area (Å²) in [6, 6.07) is 24.2. The van der Waals surface area contributed by atoms with E-state index >= 15 is 0 Å². The van der Waals surface area contributed by atoms with Gasteiger partial charge in [-0.05, 0) is 67.8 Å². The topological polar surface area (TPSA) is 88.1 Å². The van der Waals surface area contributed by atoms with Crippen LogP contribution in [0.4, 0.5) is 11.4 Å². The number of rotatable bonds is 8. The third kappa shape index (κ3) is 7.07. The molecule has 1 aliphatic heterocycles. The lowest BCUT2D eigenvalue weighted by molar-refractivity contribution is -0.129. The normalized spacial score (nSPS) is 16.5. The lowest BCUT2D eigenvalue weighted by Gasteiger charge is -2.32. The van der Waals surface area contributed by atoms with E-state index in [1.165, 1.54) is 11.8 Å². The molecule has 1 saturated heterocycles. The summed E-state index contributed by atoms with van der Waals surface area (Å²) < 4.78 is 5.04. The van der Waals surface area contributed by atoms with Crippen molar-refractivity contribution in [3.8, 4) is 0 Å². The molecular weight excluding hydrogens is 486 g/mol. The number of benzene rings is 3. The molecule has 8 heteroatoms. The number of esters is 1. The first-order valence-corrected chi connectivity index (χ1v) is 13.0. The Balaban J connectivity index is 1.56. The Labute approximate surface area is 220 Å². The lowest BCUT2D eigenvalue weighted by Crippen LogP contribution is -2.46. The summed E-state index contributed by atoms with van der Waals surface area (Å²) in [6.07, 6.45) is 0.742. The number of hydrogen-bond acceptors (Lipinski definition) is 6. The quantitative estimate of drug-likeness (QED) is 0.407. The Morgan fingerprint density at radius 3 is 2.51 bits per heavy atom. The fourth-order valence-electron chi connectivity index (χ4n) is 3.89. The molecule has 7 nitrogen and oxygen atoms in total. The Kier molecular flexibility index (Phi) is 8.74. The molecule has 1 aliphatic rings. The summed E-state index contributed by atoms with van der Waals surface area (Å²) in [6.45, 7) is 4.45. The van der Waals surface area contributed by atoms with Gasteiger partial charge in [-0.3, -0.25) is 14.5 Å². The number of aliphatic imine (C=N–C) groups is 1. The maximum atomic E-state index is 13.2. The van der Waals surface area contributed by atoms with Gasteiger partial charge in [0.15, 0.2) is 5.17 Å². The van der Waals surface area contributed by atoms with Crippen molar-refractivity contribution >= 4 is 46.1 Å². The Morgan fingerprint density at radius 1 is 1.05 bits per heavy atom. The second-order valence-electron chi connectivity index (χ2n) is 8.61. The maximum Gasteiger partial charge on any atom is 0.338 e. The number of carbonyl (C=O) groups is 3. The van der Waals surface area contributed by atoms with Gasteiger partial charge in [-0.25, -0.2) is 9.79 Å². The SMILES string of the molecule is CCOC(=O)c1ccc(N=C2SC(C(=O)Nc3cccc(C)c3)CC(=O)N2CCc2ccccc2)cc1. The van der Waals surface area contributed by atoms with Crippen molar-refractivity contribution < 1.29 is 19.1 Å². The van der Waals surface area contributed by atoms with Gasteiger partial charge in [-0.2, -0.15) is 0 Å². The van der Waals surface area contributed by atoms with Crippen LogP contribution < -0.4 is 5.32 Å². The van der Waals surface area contributed by atoms with Gasteiger partial charge >= 0.3 is 5.97 Å². The number of ether oxygens (including phenoxy) is 1. The minimum Gasteiger partial charge on any atom is -0.462 e. The molecule has 190 valence electrons. The van der Waals surface area contributed by atoms with Crippen molar-refractivity contribution in [2.24, 2.45) is 4.99 Å². The number of nitrogens with one attached hydrogen (secondary N) is 1. The van der Waals surface area contributed by atoms with Crippen LogP contribution in [0.3, 0.4) is 0 Å². The molecular formula is C29H29N3O4S. The highest BCUT2D eigenvalue weighted by atomic mass is 32.2. The molecule has 3 aromatic rings. The molecule has 1 heterocycles. The van der Waals surface area contributed by atoms with E-state index < -0.39 is 11.2 Å². The van der Waals surface area contributed by atoms with Crippen molar-refractivity contribution in [2.45, 2.75) is 31.9 Å².